The van der Waals surface area contributed by atoms with Gasteiger partial charge in [-0.2, -0.15) is 0 Å². The lowest BCUT2D eigenvalue weighted by atomic mass is 10.0. The maximum atomic E-state index is 12.1. The normalized spacial score (nSPS) is 17.0. The molecule has 1 atom stereocenters. The topological polar surface area (TPSA) is 71.3 Å². The lowest BCUT2D eigenvalue weighted by Gasteiger charge is -2.09. The van der Waals surface area contributed by atoms with Crippen molar-refractivity contribution in [3.8, 4) is 11.3 Å². The third kappa shape index (κ3) is 3.69. The summed E-state index contributed by atoms with van der Waals surface area (Å²) in [6.45, 7) is 2.11. The van der Waals surface area contributed by atoms with Gasteiger partial charge in [-0.25, -0.2) is 9.97 Å². The summed E-state index contributed by atoms with van der Waals surface area (Å²) < 4.78 is 1.89. The van der Waals surface area contributed by atoms with Crippen molar-refractivity contribution in [1.29, 1.82) is 0 Å². The summed E-state index contributed by atoms with van der Waals surface area (Å²) >= 11 is 0. The van der Waals surface area contributed by atoms with Gasteiger partial charge in [0.05, 0.1) is 5.69 Å². The number of carbonyl (C=O) groups is 1. The van der Waals surface area contributed by atoms with Crippen LogP contribution in [0.3, 0.4) is 0 Å². The molecular formula is C19H21N5O. The maximum absolute atomic E-state index is 12.1. The molecule has 1 aliphatic heterocycles. The molecule has 0 saturated carbocycles. The van der Waals surface area contributed by atoms with E-state index in [9.17, 15) is 4.79 Å². The molecule has 1 amide bonds. The highest BCUT2D eigenvalue weighted by atomic mass is 16.1. The zero-order valence-corrected chi connectivity index (χ0v) is 14.0. The molecule has 2 N–H and O–H groups in total. The molecule has 0 spiro atoms. The number of fused-ring (bicyclic) bond motifs is 1. The molecule has 2 aromatic heterocycles. The number of carbonyl (C=O) groups excluding carboxylic acids is 1. The Kier molecular flexibility index (Phi) is 4.43. The predicted molar refractivity (Wildman–Crippen MR) is 97.3 cm³/mol. The van der Waals surface area contributed by atoms with E-state index in [0.717, 1.165) is 36.5 Å². The van der Waals surface area contributed by atoms with E-state index in [1.807, 2.05) is 47.1 Å². The second kappa shape index (κ2) is 7.03. The van der Waals surface area contributed by atoms with Gasteiger partial charge in [0, 0.05) is 36.3 Å². The van der Waals surface area contributed by atoms with E-state index in [0.29, 0.717) is 18.1 Å². The molecule has 1 unspecified atom stereocenters. The molecule has 1 aliphatic rings. The first-order valence-electron chi connectivity index (χ1n) is 8.69. The summed E-state index contributed by atoms with van der Waals surface area (Å²) in [7, 11) is 0. The van der Waals surface area contributed by atoms with E-state index in [2.05, 4.69) is 20.6 Å². The minimum atomic E-state index is 0.0802. The van der Waals surface area contributed by atoms with Crippen LogP contribution in [0.25, 0.3) is 17.0 Å². The lowest BCUT2D eigenvalue weighted by molar-refractivity contribution is -0.116. The fourth-order valence-electron chi connectivity index (χ4n) is 3.21. The molecule has 128 valence electrons. The third-order valence-electron chi connectivity index (χ3n) is 4.64. The van der Waals surface area contributed by atoms with Crippen LogP contribution in [-0.2, 0) is 4.79 Å². The van der Waals surface area contributed by atoms with E-state index in [1.54, 1.807) is 6.20 Å². The van der Waals surface area contributed by atoms with Crippen molar-refractivity contribution in [2.45, 2.75) is 19.3 Å². The average Bonchev–Trinajstić information content (AvgIpc) is 3.30. The molecule has 25 heavy (non-hydrogen) atoms. The molecule has 1 fully saturated rings. The summed E-state index contributed by atoms with van der Waals surface area (Å²) in [4.78, 5) is 20.8. The summed E-state index contributed by atoms with van der Waals surface area (Å²) in [5.41, 5.74) is 2.69. The van der Waals surface area contributed by atoms with E-state index in [-0.39, 0.29) is 5.91 Å². The summed E-state index contributed by atoms with van der Waals surface area (Å²) in [6, 6.07) is 9.65. The Morgan fingerprint density at radius 1 is 1.32 bits per heavy atom. The largest absolute Gasteiger partial charge is 0.326 e. The van der Waals surface area contributed by atoms with Gasteiger partial charge in [-0.1, -0.05) is 12.1 Å². The van der Waals surface area contributed by atoms with Crippen LogP contribution in [0.4, 0.5) is 5.69 Å². The van der Waals surface area contributed by atoms with Gasteiger partial charge in [0.25, 0.3) is 0 Å². The predicted octanol–water partition coefficient (Wildman–Crippen LogP) is 2.72. The summed E-state index contributed by atoms with van der Waals surface area (Å²) in [5.74, 6) is 1.39. The number of hydrogen-bond acceptors (Lipinski definition) is 4. The number of nitrogens with zero attached hydrogens (tertiary/aromatic N) is 3. The van der Waals surface area contributed by atoms with Crippen LogP contribution in [-0.4, -0.2) is 33.4 Å². The highest BCUT2D eigenvalue weighted by molar-refractivity contribution is 5.90. The van der Waals surface area contributed by atoms with E-state index < -0.39 is 0 Å². The highest BCUT2D eigenvalue weighted by Gasteiger charge is 2.15. The van der Waals surface area contributed by atoms with Crippen LogP contribution < -0.4 is 10.6 Å². The number of benzene rings is 1. The van der Waals surface area contributed by atoms with Crippen LogP contribution in [0.15, 0.2) is 48.9 Å². The third-order valence-corrected chi connectivity index (χ3v) is 4.64. The molecule has 3 aromatic rings. The van der Waals surface area contributed by atoms with Crippen molar-refractivity contribution in [2.75, 3.05) is 18.4 Å². The second-order valence-corrected chi connectivity index (χ2v) is 6.48. The molecule has 6 nitrogen and oxygen atoms in total. The van der Waals surface area contributed by atoms with Crippen molar-refractivity contribution in [2.24, 2.45) is 5.92 Å². The van der Waals surface area contributed by atoms with Crippen molar-refractivity contribution >= 4 is 17.4 Å². The molecule has 1 saturated heterocycles. The first-order valence-corrected chi connectivity index (χ1v) is 8.69. The molecular weight excluding hydrogens is 314 g/mol. The van der Waals surface area contributed by atoms with Crippen molar-refractivity contribution < 1.29 is 4.79 Å². The second-order valence-electron chi connectivity index (χ2n) is 6.48. The SMILES string of the molecule is O=C(CCC1CCNC1)Nc1ccc(-c2cn3cccnc3n2)cc1. The molecule has 1 aromatic carbocycles. The minimum absolute atomic E-state index is 0.0802. The van der Waals surface area contributed by atoms with E-state index in [4.69, 9.17) is 0 Å². The Labute approximate surface area is 146 Å². The zero-order valence-electron chi connectivity index (χ0n) is 14.0. The first kappa shape index (κ1) is 15.8. The Morgan fingerprint density at radius 3 is 2.96 bits per heavy atom. The smallest absolute Gasteiger partial charge is 0.234 e. The number of imidazole rings is 1. The fourth-order valence-corrected chi connectivity index (χ4v) is 3.21. The molecule has 0 bridgehead atoms. The standard InChI is InChI=1S/C19H21N5O/c25-18(7-2-14-8-10-20-12-14)22-16-5-3-15(4-6-16)17-13-24-11-1-9-21-19(24)23-17/h1,3-6,9,11,13-14,20H,2,7-8,10,12H2,(H,22,25). The molecule has 4 rings (SSSR count). The highest BCUT2D eigenvalue weighted by Crippen LogP contribution is 2.21. The molecule has 3 heterocycles. The summed E-state index contributed by atoms with van der Waals surface area (Å²) in [6.07, 6.45) is 8.30. The van der Waals surface area contributed by atoms with Crippen LogP contribution in [0.5, 0.6) is 0 Å². The lowest BCUT2D eigenvalue weighted by Crippen LogP contribution is -2.14. The molecule has 0 aliphatic carbocycles. The van der Waals surface area contributed by atoms with Gasteiger partial charge in [-0.3, -0.25) is 9.20 Å². The van der Waals surface area contributed by atoms with Gasteiger partial charge >= 0.3 is 0 Å². The average molecular weight is 335 g/mol. The van der Waals surface area contributed by atoms with Gasteiger partial charge in [0.1, 0.15) is 0 Å². The zero-order chi connectivity index (χ0) is 17.1. The number of aromatic nitrogens is 3. The van der Waals surface area contributed by atoms with Gasteiger partial charge in [-0.05, 0) is 50.0 Å². The Balaban J connectivity index is 1.38. The fraction of sp³-hybridized carbons (Fsp3) is 0.316. The summed E-state index contributed by atoms with van der Waals surface area (Å²) in [5, 5.41) is 6.31. The Morgan fingerprint density at radius 2 is 2.20 bits per heavy atom. The number of nitrogens with one attached hydrogen (secondary N) is 2. The van der Waals surface area contributed by atoms with Gasteiger partial charge in [0.2, 0.25) is 11.7 Å². The van der Waals surface area contributed by atoms with E-state index >= 15 is 0 Å². The Hall–Kier alpha value is -2.73. The Bertz CT molecular complexity index is 832. The minimum Gasteiger partial charge on any atom is -0.326 e. The number of rotatable bonds is 5. The quantitative estimate of drug-likeness (QED) is 0.752. The van der Waals surface area contributed by atoms with Crippen LogP contribution in [0, 0.1) is 5.92 Å². The van der Waals surface area contributed by atoms with Gasteiger partial charge < -0.3 is 10.6 Å². The van der Waals surface area contributed by atoms with Gasteiger partial charge in [0.15, 0.2) is 0 Å². The van der Waals surface area contributed by atoms with Crippen LogP contribution in [0.2, 0.25) is 0 Å². The van der Waals surface area contributed by atoms with Gasteiger partial charge in [-0.15, -0.1) is 0 Å². The first-order chi connectivity index (χ1) is 12.3. The van der Waals surface area contributed by atoms with Crippen LogP contribution >= 0.6 is 0 Å². The number of amides is 1. The molecule has 6 heteroatoms. The monoisotopic (exact) mass is 335 g/mol. The number of hydrogen-bond donors (Lipinski definition) is 2. The number of anilines is 1. The van der Waals surface area contributed by atoms with E-state index in [1.165, 1.54) is 6.42 Å². The van der Waals surface area contributed by atoms with Crippen molar-refractivity contribution in [3.05, 3.63) is 48.9 Å². The van der Waals surface area contributed by atoms with Crippen molar-refractivity contribution in [3.63, 3.8) is 0 Å². The molecule has 0 radical (unpaired) electrons. The van der Waals surface area contributed by atoms with Crippen molar-refractivity contribution in [1.82, 2.24) is 19.7 Å². The maximum Gasteiger partial charge on any atom is 0.234 e. The van der Waals surface area contributed by atoms with Crippen LogP contribution in [0.1, 0.15) is 19.3 Å².